The number of hydrogen-bond acceptors (Lipinski definition) is 3. The zero-order chi connectivity index (χ0) is 12.6. The van der Waals surface area contributed by atoms with Crippen LogP contribution in [0.25, 0.3) is 11.3 Å². The van der Waals surface area contributed by atoms with Crippen molar-refractivity contribution in [1.82, 2.24) is 9.78 Å². The molecule has 4 nitrogen and oxygen atoms in total. The van der Waals surface area contributed by atoms with Crippen molar-refractivity contribution in [2.75, 3.05) is 24.7 Å². The monoisotopic (exact) mass is 234 g/mol. The standard InChI is InChI=1S/C12H15FN4/c1-16(2)11-5-4-8(13)6-9(11)10-7-12(14)17(3)15-10/h4-7H,14H2,1-3H3. The molecule has 1 aromatic carbocycles. The van der Waals surface area contributed by atoms with Gasteiger partial charge in [0.15, 0.2) is 0 Å². The maximum atomic E-state index is 13.3. The van der Waals surface area contributed by atoms with Gasteiger partial charge in [-0.25, -0.2) is 4.39 Å². The smallest absolute Gasteiger partial charge is 0.124 e. The Balaban J connectivity index is 2.60. The van der Waals surface area contributed by atoms with Gasteiger partial charge in [0.05, 0.1) is 5.69 Å². The summed E-state index contributed by atoms with van der Waals surface area (Å²) >= 11 is 0. The Labute approximate surface area is 99.5 Å². The summed E-state index contributed by atoms with van der Waals surface area (Å²) in [6.07, 6.45) is 0. The lowest BCUT2D eigenvalue weighted by Gasteiger charge is -2.16. The molecule has 0 spiro atoms. The van der Waals surface area contributed by atoms with Crippen molar-refractivity contribution in [3.63, 3.8) is 0 Å². The predicted molar refractivity (Wildman–Crippen MR) is 67.3 cm³/mol. The van der Waals surface area contributed by atoms with Crippen molar-refractivity contribution < 1.29 is 4.39 Å². The number of benzene rings is 1. The molecule has 2 aromatic rings. The molecule has 0 bridgehead atoms. The molecule has 0 saturated carbocycles. The van der Waals surface area contributed by atoms with Crippen LogP contribution in [-0.4, -0.2) is 23.9 Å². The Kier molecular flexibility index (Phi) is 2.75. The van der Waals surface area contributed by atoms with Crippen molar-refractivity contribution in [3.05, 3.63) is 30.1 Å². The topological polar surface area (TPSA) is 47.1 Å². The highest BCUT2D eigenvalue weighted by atomic mass is 19.1. The van der Waals surface area contributed by atoms with E-state index in [4.69, 9.17) is 5.73 Å². The number of rotatable bonds is 2. The van der Waals surface area contributed by atoms with Gasteiger partial charge in [0.25, 0.3) is 0 Å². The minimum Gasteiger partial charge on any atom is -0.384 e. The molecule has 90 valence electrons. The first-order valence-corrected chi connectivity index (χ1v) is 5.26. The van der Waals surface area contributed by atoms with Gasteiger partial charge >= 0.3 is 0 Å². The Bertz CT molecular complexity index is 526. The maximum Gasteiger partial charge on any atom is 0.124 e. The van der Waals surface area contributed by atoms with Crippen LogP contribution in [-0.2, 0) is 7.05 Å². The fourth-order valence-electron chi connectivity index (χ4n) is 1.72. The fourth-order valence-corrected chi connectivity index (χ4v) is 1.72. The van der Waals surface area contributed by atoms with Crippen molar-refractivity contribution >= 4 is 11.5 Å². The van der Waals surface area contributed by atoms with Gasteiger partial charge in [0.2, 0.25) is 0 Å². The van der Waals surface area contributed by atoms with Crippen LogP contribution < -0.4 is 10.6 Å². The molecule has 0 radical (unpaired) electrons. The highest BCUT2D eigenvalue weighted by Gasteiger charge is 2.12. The minimum absolute atomic E-state index is 0.283. The van der Waals surface area contributed by atoms with E-state index in [1.807, 2.05) is 19.0 Å². The minimum atomic E-state index is -0.283. The summed E-state index contributed by atoms with van der Waals surface area (Å²) in [5.41, 5.74) is 8.05. The van der Waals surface area contributed by atoms with Crippen LogP contribution in [0.15, 0.2) is 24.3 Å². The second-order valence-electron chi connectivity index (χ2n) is 4.13. The average Bonchev–Trinajstić information content (AvgIpc) is 2.58. The molecule has 0 atom stereocenters. The van der Waals surface area contributed by atoms with Gasteiger partial charge in [-0.05, 0) is 18.2 Å². The molecule has 0 aliphatic rings. The van der Waals surface area contributed by atoms with E-state index in [0.29, 0.717) is 11.5 Å². The molecular weight excluding hydrogens is 219 g/mol. The number of nitrogens with zero attached hydrogens (tertiary/aromatic N) is 3. The summed E-state index contributed by atoms with van der Waals surface area (Å²) in [4.78, 5) is 1.92. The van der Waals surface area contributed by atoms with Crippen molar-refractivity contribution in [2.24, 2.45) is 7.05 Å². The highest BCUT2D eigenvalue weighted by Crippen LogP contribution is 2.30. The second kappa shape index (κ2) is 4.08. The van der Waals surface area contributed by atoms with E-state index in [1.54, 1.807) is 23.9 Å². The lowest BCUT2D eigenvalue weighted by atomic mass is 10.1. The van der Waals surface area contributed by atoms with Crippen LogP contribution in [0, 0.1) is 5.82 Å². The predicted octanol–water partition coefficient (Wildman–Crippen LogP) is 1.87. The summed E-state index contributed by atoms with van der Waals surface area (Å²) in [7, 11) is 5.57. The van der Waals surface area contributed by atoms with Crippen LogP contribution in [0.2, 0.25) is 0 Å². The number of hydrogen-bond donors (Lipinski definition) is 1. The molecule has 0 aliphatic carbocycles. The lowest BCUT2D eigenvalue weighted by molar-refractivity contribution is 0.628. The summed E-state index contributed by atoms with van der Waals surface area (Å²) < 4.78 is 14.9. The molecule has 0 fully saturated rings. The number of halogens is 1. The molecular formula is C12H15FN4. The van der Waals surface area contributed by atoms with Crippen LogP contribution in [0.5, 0.6) is 0 Å². The van der Waals surface area contributed by atoms with Crippen LogP contribution in [0.3, 0.4) is 0 Å². The second-order valence-corrected chi connectivity index (χ2v) is 4.13. The molecule has 0 unspecified atom stereocenters. The maximum absolute atomic E-state index is 13.3. The highest BCUT2D eigenvalue weighted by molar-refractivity contribution is 5.77. The zero-order valence-electron chi connectivity index (χ0n) is 10.1. The number of anilines is 2. The van der Waals surface area contributed by atoms with Crippen molar-refractivity contribution in [1.29, 1.82) is 0 Å². The van der Waals surface area contributed by atoms with Gasteiger partial charge in [-0.2, -0.15) is 5.10 Å². The number of aryl methyl sites for hydroxylation is 1. The molecule has 1 heterocycles. The molecule has 2 N–H and O–H groups in total. The Morgan fingerprint density at radius 1 is 1.29 bits per heavy atom. The van der Waals surface area contributed by atoms with Crippen LogP contribution in [0.4, 0.5) is 15.9 Å². The zero-order valence-corrected chi connectivity index (χ0v) is 10.1. The lowest BCUT2D eigenvalue weighted by Crippen LogP contribution is -2.10. The molecule has 0 amide bonds. The average molecular weight is 234 g/mol. The van der Waals surface area contributed by atoms with E-state index in [2.05, 4.69) is 5.10 Å². The normalized spacial score (nSPS) is 10.6. The van der Waals surface area contributed by atoms with Gasteiger partial charge in [0, 0.05) is 38.5 Å². The molecule has 0 aliphatic heterocycles. The van der Waals surface area contributed by atoms with E-state index in [-0.39, 0.29) is 5.82 Å². The van der Waals surface area contributed by atoms with E-state index in [0.717, 1.165) is 11.3 Å². The largest absolute Gasteiger partial charge is 0.384 e. The van der Waals surface area contributed by atoms with E-state index >= 15 is 0 Å². The van der Waals surface area contributed by atoms with Crippen molar-refractivity contribution in [2.45, 2.75) is 0 Å². The van der Waals surface area contributed by atoms with Crippen LogP contribution >= 0.6 is 0 Å². The Morgan fingerprint density at radius 3 is 2.53 bits per heavy atom. The third-order valence-corrected chi connectivity index (χ3v) is 2.63. The van der Waals surface area contributed by atoms with E-state index in [1.165, 1.54) is 12.1 Å². The SMILES string of the molecule is CN(C)c1ccc(F)cc1-c1cc(N)n(C)n1. The third-order valence-electron chi connectivity index (χ3n) is 2.63. The van der Waals surface area contributed by atoms with Gasteiger partial charge in [-0.3, -0.25) is 4.68 Å². The Hall–Kier alpha value is -2.04. The molecule has 1 aromatic heterocycles. The summed E-state index contributed by atoms with van der Waals surface area (Å²) in [6.45, 7) is 0. The fraction of sp³-hybridized carbons (Fsp3) is 0.250. The summed E-state index contributed by atoms with van der Waals surface area (Å²) in [5, 5.41) is 4.26. The molecule has 17 heavy (non-hydrogen) atoms. The first kappa shape index (κ1) is 11.4. The molecule has 2 rings (SSSR count). The van der Waals surface area contributed by atoms with E-state index < -0.39 is 0 Å². The molecule has 5 heteroatoms. The van der Waals surface area contributed by atoms with Crippen molar-refractivity contribution in [3.8, 4) is 11.3 Å². The summed E-state index contributed by atoms with van der Waals surface area (Å²) in [5.74, 6) is 0.267. The van der Waals surface area contributed by atoms with Gasteiger partial charge in [0.1, 0.15) is 11.6 Å². The quantitative estimate of drug-likeness (QED) is 0.863. The van der Waals surface area contributed by atoms with E-state index in [9.17, 15) is 4.39 Å². The van der Waals surface area contributed by atoms with Crippen LogP contribution in [0.1, 0.15) is 0 Å². The van der Waals surface area contributed by atoms with Gasteiger partial charge < -0.3 is 10.6 Å². The number of nitrogens with two attached hydrogens (primary N) is 1. The first-order chi connectivity index (χ1) is 7.99. The summed E-state index contributed by atoms with van der Waals surface area (Å²) in [6, 6.07) is 6.37. The Morgan fingerprint density at radius 2 is 2.00 bits per heavy atom. The molecule has 0 saturated heterocycles. The third kappa shape index (κ3) is 2.08. The number of nitrogen functional groups attached to an aromatic ring is 1. The first-order valence-electron chi connectivity index (χ1n) is 5.26. The van der Waals surface area contributed by atoms with Gasteiger partial charge in [-0.15, -0.1) is 0 Å². The van der Waals surface area contributed by atoms with Gasteiger partial charge in [-0.1, -0.05) is 0 Å². The number of aromatic nitrogens is 2.